The Morgan fingerprint density at radius 2 is 1.96 bits per heavy atom. The SMILES string of the molecule is CCO[C@@H]1CCc2c(Oc3cccc(C(=O)N4CCCC4)c3)cccc21. The predicted octanol–water partition coefficient (Wildman–Crippen LogP) is 4.74. The standard InChI is InChI=1S/C22H25NO3/c1-2-25-20-12-11-19-18(20)9-6-10-21(19)26-17-8-5-7-16(15-17)22(24)23-13-3-4-14-23/h5-10,15,20H,2-4,11-14H2,1H3/t20-/m1/s1. The van der Waals surface area contributed by atoms with Gasteiger partial charge in [-0.25, -0.2) is 0 Å². The minimum absolute atomic E-state index is 0.0997. The number of hydrogen-bond acceptors (Lipinski definition) is 3. The smallest absolute Gasteiger partial charge is 0.253 e. The van der Waals surface area contributed by atoms with Gasteiger partial charge in [0.2, 0.25) is 0 Å². The predicted molar refractivity (Wildman–Crippen MR) is 101 cm³/mol. The van der Waals surface area contributed by atoms with Crippen LogP contribution in [0.1, 0.15) is 53.8 Å². The van der Waals surface area contributed by atoms with E-state index < -0.39 is 0 Å². The van der Waals surface area contributed by atoms with E-state index in [2.05, 4.69) is 6.07 Å². The Bertz CT molecular complexity index is 796. The molecule has 4 heteroatoms. The molecule has 0 bridgehead atoms. The van der Waals surface area contributed by atoms with Crippen LogP contribution in [0.5, 0.6) is 11.5 Å². The molecule has 2 aromatic rings. The Morgan fingerprint density at radius 3 is 2.77 bits per heavy atom. The Balaban J connectivity index is 1.55. The number of nitrogens with zero attached hydrogens (tertiary/aromatic N) is 1. The van der Waals surface area contributed by atoms with Gasteiger partial charge in [-0.1, -0.05) is 18.2 Å². The average Bonchev–Trinajstić information content (AvgIpc) is 3.33. The lowest BCUT2D eigenvalue weighted by Crippen LogP contribution is -2.27. The van der Waals surface area contributed by atoms with Crippen molar-refractivity contribution in [2.45, 2.75) is 38.7 Å². The van der Waals surface area contributed by atoms with E-state index in [1.54, 1.807) is 0 Å². The monoisotopic (exact) mass is 351 g/mol. The summed E-state index contributed by atoms with van der Waals surface area (Å²) >= 11 is 0. The fourth-order valence-electron chi connectivity index (χ4n) is 3.98. The van der Waals surface area contributed by atoms with Gasteiger partial charge in [0, 0.05) is 30.8 Å². The van der Waals surface area contributed by atoms with Crippen LogP contribution in [0.4, 0.5) is 0 Å². The molecule has 0 radical (unpaired) electrons. The lowest BCUT2D eigenvalue weighted by Gasteiger charge is -2.16. The molecule has 1 amide bonds. The maximum absolute atomic E-state index is 12.6. The molecule has 1 saturated heterocycles. The van der Waals surface area contributed by atoms with Crippen LogP contribution in [-0.2, 0) is 11.2 Å². The van der Waals surface area contributed by atoms with Crippen LogP contribution in [0.25, 0.3) is 0 Å². The van der Waals surface area contributed by atoms with Gasteiger partial charge in [-0.3, -0.25) is 4.79 Å². The van der Waals surface area contributed by atoms with E-state index in [0.29, 0.717) is 11.3 Å². The summed E-state index contributed by atoms with van der Waals surface area (Å²) in [5.41, 5.74) is 3.15. The lowest BCUT2D eigenvalue weighted by molar-refractivity contribution is 0.0640. The molecule has 0 saturated carbocycles. The Hall–Kier alpha value is -2.33. The second-order valence-corrected chi connectivity index (χ2v) is 6.94. The average molecular weight is 351 g/mol. The van der Waals surface area contributed by atoms with Gasteiger partial charge in [0.1, 0.15) is 11.5 Å². The van der Waals surface area contributed by atoms with Crippen molar-refractivity contribution in [1.82, 2.24) is 4.90 Å². The molecule has 4 nitrogen and oxygen atoms in total. The molecule has 0 aromatic heterocycles. The van der Waals surface area contributed by atoms with Crippen molar-refractivity contribution in [3.63, 3.8) is 0 Å². The fourth-order valence-corrected chi connectivity index (χ4v) is 3.98. The molecule has 1 heterocycles. The molecular weight excluding hydrogens is 326 g/mol. The molecular formula is C22H25NO3. The zero-order valence-electron chi connectivity index (χ0n) is 15.2. The first kappa shape index (κ1) is 17.1. The molecule has 0 spiro atoms. The van der Waals surface area contributed by atoms with Crippen LogP contribution in [0, 0.1) is 0 Å². The zero-order chi connectivity index (χ0) is 17.9. The summed E-state index contributed by atoms with van der Waals surface area (Å²) in [6, 6.07) is 13.7. The summed E-state index contributed by atoms with van der Waals surface area (Å²) in [5, 5.41) is 0. The van der Waals surface area contributed by atoms with E-state index in [0.717, 1.165) is 51.1 Å². The van der Waals surface area contributed by atoms with Crippen LogP contribution < -0.4 is 4.74 Å². The third kappa shape index (κ3) is 3.34. The van der Waals surface area contributed by atoms with Crippen molar-refractivity contribution in [3.8, 4) is 11.5 Å². The van der Waals surface area contributed by atoms with Crippen LogP contribution in [0.3, 0.4) is 0 Å². The summed E-state index contributed by atoms with van der Waals surface area (Å²) in [6.07, 6.45) is 4.32. The largest absolute Gasteiger partial charge is 0.457 e. The molecule has 1 atom stereocenters. The molecule has 1 fully saturated rings. The van der Waals surface area contributed by atoms with Crippen LogP contribution in [-0.4, -0.2) is 30.5 Å². The summed E-state index contributed by atoms with van der Waals surface area (Å²) in [5.74, 6) is 1.68. The number of benzene rings is 2. The van der Waals surface area contributed by atoms with Crippen molar-refractivity contribution in [1.29, 1.82) is 0 Å². The lowest BCUT2D eigenvalue weighted by atomic mass is 10.1. The van der Waals surface area contributed by atoms with Crippen LogP contribution >= 0.6 is 0 Å². The van der Waals surface area contributed by atoms with E-state index in [9.17, 15) is 4.79 Å². The molecule has 0 unspecified atom stereocenters. The Labute approximate surface area is 154 Å². The first-order valence-electron chi connectivity index (χ1n) is 9.57. The minimum Gasteiger partial charge on any atom is -0.457 e. The quantitative estimate of drug-likeness (QED) is 0.781. The topological polar surface area (TPSA) is 38.8 Å². The number of ether oxygens (including phenoxy) is 2. The van der Waals surface area contributed by atoms with Gasteiger partial charge in [-0.05, 0) is 62.4 Å². The summed E-state index contributed by atoms with van der Waals surface area (Å²) in [7, 11) is 0. The Kier molecular flexibility index (Phi) is 4.93. The molecule has 2 aliphatic rings. The molecule has 4 rings (SSSR count). The van der Waals surface area contributed by atoms with Crippen molar-refractivity contribution < 1.29 is 14.3 Å². The number of rotatable bonds is 5. The van der Waals surface area contributed by atoms with Gasteiger partial charge < -0.3 is 14.4 Å². The first-order valence-corrected chi connectivity index (χ1v) is 9.57. The number of carbonyl (C=O) groups is 1. The normalized spacial score (nSPS) is 18.8. The number of likely N-dealkylation sites (tertiary alicyclic amines) is 1. The summed E-state index contributed by atoms with van der Waals surface area (Å²) < 4.78 is 12.0. The number of hydrogen-bond donors (Lipinski definition) is 0. The van der Waals surface area contributed by atoms with Crippen LogP contribution in [0.2, 0.25) is 0 Å². The minimum atomic E-state index is 0.0997. The molecule has 136 valence electrons. The van der Waals surface area contributed by atoms with Crippen molar-refractivity contribution in [3.05, 3.63) is 59.2 Å². The van der Waals surface area contributed by atoms with Gasteiger partial charge in [0.25, 0.3) is 5.91 Å². The molecule has 0 N–H and O–H groups in total. The van der Waals surface area contributed by atoms with E-state index in [-0.39, 0.29) is 12.0 Å². The van der Waals surface area contributed by atoms with Gasteiger partial charge in [-0.2, -0.15) is 0 Å². The Morgan fingerprint density at radius 1 is 1.15 bits per heavy atom. The van der Waals surface area contributed by atoms with Crippen molar-refractivity contribution >= 4 is 5.91 Å². The van der Waals surface area contributed by atoms with E-state index >= 15 is 0 Å². The molecule has 1 aliphatic heterocycles. The van der Waals surface area contributed by atoms with Gasteiger partial charge in [0.15, 0.2) is 0 Å². The molecule has 26 heavy (non-hydrogen) atoms. The summed E-state index contributed by atoms with van der Waals surface area (Å²) in [6.45, 7) is 4.46. The van der Waals surface area contributed by atoms with Crippen molar-refractivity contribution in [2.24, 2.45) is 0 Å². The third-order valence-corrected chi connectivity index (χ3v) is 5.24. The van der Waals surface area contributed by atoms with Gasteiger partial charge in [-0.15, -0.1) is 0 Å². The van der Waals surface area contributed by atoms with Gasteiger partial charge in [0.05, 0.1) is 6.10 Å². The highest BCUT2D eigenvalue weighted by molar-refractivity contribution is 5.94. The second kappa shape index (κ2) is 7.50. The zero-order valence-corrected chi connectivity index (χ0v) is 15.2. The highest BCUT2D eigenvalue weighted by atomic mass is 16.5. The fraction of sp³-hybridized carbons (Fsp3) is 0.409. The molecule has 1 aliphatic carbocycles. The van der Waals surface area contributed by atoms with Gasteiger partial charge >= 0.3 is 0 Å². The number of amides is 1. The van der Waals surface area contributed by atoms with Crippen LogP contribution in [0.15, 0.2) is 42.5 Å². The first-order chi connectivity index (χ1) is 12.8. The summed E-state index contributed by atoms with van der Waals surface area (Å²) in [4.78, 5) is 14.5. The van der Waals surface area contributed by atoms with E-state index in [1.165, 1.54) is 11.1 Å². The van der Waals surface area contributed by atoms with E-state index in [4.69, 9.17) is 9.47 Å². The second-order valence-electron chi connectivity index (χ2n) is 6.94. The number of carbonyl (C=O) groups excluding carboxylic acids is 1. The highest BCUT2D eigenvalue weighted by Gasteiger charge is 2.26. The highest BCUT2D eigenvalue weighted by Crippen LogP contribution is 2.40. The molecule has 2 aromatic carbocycles. The maximum Gasteiger partial charge on any atom is 0.253 e. The van der Waals surface area contributed by atoms with E-state index in [1.807, 2.05) is 48.2 Å². The maximum atomic E-state index is 12.6. The van der Waals surface area contributed by atoms with Crippen molar-refractivity contribution in [2.75, 3.05) is 19.7 Å². The third-order valence-electron chi connectivity index (χ3n) is 5.24. The number of fused-ring (bicyclic) bond motifs is 1.